The molecule has 0 saturated heterocycles. The van der Waals surface area contributed by atoms with Crippen molar-refractivity contribution < 1.29 is 4.79 Å². The van der Waals surface area contributed by atoms with Crippen LogP contribution in [0.2, 0.25) is 0 Å². The lowest BCUT2D eigenvalue weighted by molar-refractivity contribution is 0.0954. The summed E-state index contributed by atoms with van der Waals surface area (Å²) in [5.74, 6) is -0.241. The van der Waals surface area contributed by atoms with Crippen LogP contribution in [-0.4, -0.2) is 22.4 Å². The van der Waals surface area contributed by atoms with Crippen molar-refractivity contribution in [1.29, 1.82) is 0 Å². The quantitative estimate of drug-likeness (QED) is 0.831. The Morgan fingerprint density at radius 1 is 1.28 bits per heavy atom. The molecular weight excluding hydrogens is 230 g/mol. The van der Waals surface area contributed by atoms with Crippen LogP contribution in [0.25, 0.3) is 0 Å². The van der Waals surface area contributed by atoms with Crippen LogP contribution in [-0.2, 0) is 6.42 Å². The van der Waals surface area contributed by atoms with Crippen molar-refractivity contribution in [3.8, 4) is 0 Å². The number of aromatic nitrogens is 2. The SMILES string of the molecule is O=C(NCCc1ccncc1)c1cc[nH]c(=O)c1. The first-order chi connectivity index (χ1) is 8.75. The molecule has 2 heterocycles. The first-order valence-electron chi connectivity index (χ1n) is 5.61. The van der Waals surface area contributed by atoms with Gasteiger partial charge in [0.15, 0.2) is 0 Å². The van der Waals surface area contributed by atoms with E-state index in [4.69, 9.17) is 0 Å². The number of hydrogen-bond acceptors (Lipinski definition) is 3. The molecule has 5 nitrogen and oxygen atoms in total. The number of aromatic amines is 1. The number of amides is 1. The molecule has 0 fully saturated rings. The largest absolute Gasteiger partial charge is 0.352 e. The Bertz CT molecular complexity index is 578. The second-order valence-electron chi connectivity index (χ2n) is 3.80. The fourth-order valence-corrected chi connectivity index (χ4v) is 1.56. The van der Waals surface area contributed by atoms with Gasteiger partial charge in [-0.2, -0.15) is 0 Å². The van der Waals surface area contributed by atoms with E-state index >= 15 is 0 Å². The molecule has 92 valence electrons. The Morgan fingerprint density at radius 3 is 2.78 bits per heavy atom. The summed E-state index contributed by atoms with van der Waals surface area (Å²) in [6.45, 7) is 0.523. The Kier molecular flexibility index (Phi) is 3.86. The molecule has 0 saturated carbocycles. The van der Waals surface area contributed by atoms with Crippen LogP contribution < -0.4 is 10.9 Å². The van der Waals surface area contributed by atoms with Gasteiger partial charge in [0, 0.05) is 36.8 Å². The Hall–Kier alpha value is -2.43. The van der Waals surface area contributed by atoms with Gasteiger partial charge in [0.2, 0.25) is 5.56 Å². The molecule has 2 N–H and O–H groups in total. The molecule has 0 unspecified atom stereocenters. The van der Waals surface area contributed by atoms with Gasteiger partial charge in [0.05, 0.1) is 0 Å². The van der Waals surface area contributed by atoms with Crippen LogP contribution in [0.3, 0.4) is 0 Å². The van der Waals surface area contributed by atoms with Gasteiger partial charge in [-0.25, -0.2) is 0 Å². The fraction of sp³-hybridized carbons (Fsp3) is 0.154. The Balaban J connectivity index is 1.87. The third-order valence-corrected chi connectivity index (χ3v) is 2.49. The molecule has 0 aliphatic rings. The average molecular weight is 243 g/mol. The van der Waals surface area contributed by atoms with Gasteiger partial charge in [-0.15, -0.1) is 0 Å². The highest BCUT2D eigenvalue weighted by molar-refractivity contribution is 5.93. The molecule has 0 atom stereocenters. The van der Waals surface area contributed by atoms with Crippen LogP contribution in [0.15, 0.2) is 47.7 Å². The van der Waals surface area contributed by atoms with Crippen molar-refractivity contribution in [1.82, 2.24) is 15.3 Å². The minimum atomic E-state index is -0.281. The molecule has 0 aromatic carbocycles. The van der Waals surface area contributed by atoms with Gasteiger partial charge in [-0.1, -0.05) is 0 Å². The Labute approximate surface area is 104 Å². The van der Waals surface area contributed by atoms with E-state index in [0.717, 1.165) is 12.0 Å². The molecule has 5 heteroatoms. The highest BCUT2D eigenvalue weighted by atomic mass is 16.2. The first-order valence-corrected chi connectivity index (χ1v) is 5.61. The van der Waals surface area contributed by atoms with E-state index in [2.05, 4.69) is 15.3 Å². The van der Waals surface area contributed by atoms with Gasteiger partial charge in [-0.3, -0.25) is 14.6 Å². The van der Waals surface area contributed by atoms with Crippen LogP contribution in [0, 0.1) is 0 Å². The molecule has 0 aliphatic heterocycles. The second-order valence-corrected chi connectivity index (χ2v) is 3.80. The van der Waals surface area contributed by atoms with E-state index in [1.807, 2.05) is 12.1 Å². The van der Waals surface area contributed by atoms with Crippen molar-refractivity contribution in [3.63, 3.8) is 0 Å². The van der Waals surface area contributed by atoms with E-state index in [0.29, 0.717) is 12.1 Å². The number of H-pyrrole nitrogens is 1. The normalized spacial score (nSPS) is 10.0. The van der Waals surface area contributed by atoms with Gasteiger partial charge in [0.25, 0.3) is 5.91 Å². The van der Waals surface area contributed by atoms with E-state index < -0.39 is 0 Å². The summed E-state index contributed by atoms with van der Waals surface area (Å²) in [7, 11) is 0. The molecule has 0 aliphatic carbocycles. The standard InChI is InChI=1S/C13H13N3O2/c17-12-9-11(4-8-15-12)13(18)16-7-3-10-1-5-14-6-2-10/h1-2,4-6,8-9H,3,7H2,(H,15,17)(H,16,18). The predicted molar refractivity (Wildman–Crippen MR) is 67.3 cm³/mol. The number of carbonyl (C=O) groups excluding carboxylic acids is 1. The van der Waals surface area contributed by atoms with E-state index in [1.54, 1.807) is 18.5 Å². The number of nitrogens with zero attached hydrogens (tertiary/aromatic N) is 1. The van der Waals surface area contributed by atoms with Crippen LogP contribution in [0.1, 0.15) is 15.9 Å². The molecule has 0 spiro atoms. The predicted octanol–water partition coefficient (Wildman–Crippen LogP) is 0.742. The zero-order valence-corrected chi connectivity index (χ0v) is 9.72. The van der Waals surface area contributed by atoms with Crippen molar-refractivity contribution >= 4 is 5.91 Å². The topological polar surface area (TPSA) is 74.8 Å². The smallest absolute Gasteiger partial charge is 0.251 e. The number of nitrogens with one attached hydrogen (secondary N) is 2. The van der Waals surface area contributed by atoms with Crippen molar-refractivity contribution in [2.45, 2.75) is 6.42 Å². The monoisotopic (exact) mass is 243 g/mol. The zero-order valence-electron chi connectivity index (χ0n) is 9.72. The zero-order chi connectivity index (χ0) is 12.8. The van der Waals surface area contributed by atoms with E-state index in [1.165, 1.54) is 12.3 Å². The summed E-state index contributed by atoms with van der Waals surface area (Å²) in [6, 6.07) is 6.66. The highest BCUT2D eigenvalue weighted by Crippen LogP contribution is 1.97. The summed E-state index contributed by atoms with van der Waals surface area (Å²) in [4.78, 5) is 29.1. The number of pyridine rings is 2. The molecule has 2 aromatic rings. The maximum absolute atomic E-state index is 11.7. The van der Waals surface area contributed by atoms with Crippen molar-refractivity contribution in [2.24, 2.45) is 0 Å². The maximum Gasteiger partial charge on any atom is 0.251 e. The van der Waals surface area contributed by atoms with Crippen LogP contribution in [0.4, 0.5) is 0 Å². The Morgan fingerprint density at radius 2 is 2.06 bits per heavy atom. The second kappa shape index (κ2) is 5.77. The molecular formula is C13H13N3O2. The molecule has 2 rings (SSSR count). The number of rotatable bonds is 4. The summed E-state index contributed by atoms with van der Waals surface area (Å²) in [5, 5.41) is 2.76. The van der Waals surface area contributed by atoms with Crippen molar-refractivity contribution in [2.75, 3.05) is 6.54 Å². The van der Waals surface area contributed by atoms with Crippen LogP contribution >= 0.6 is 0 Å². The number of hydrogen-bond donors (Lipinski definition) is 2. The number of carbonyl (C=O) groups is 1. The lowest BCUT2D eigenvalue weighted by Gasteiger charge is -2.04. The highest BCUT2D eigenvalue weighted by Gasteiger charge is 2.04. The van der Waals surface area contributed by atoms with Crippen LogP contribution in [0.5, 0.6) is 0 Å². The minimum absolute atomic E-state index is 0.241. The lowest BCUT2D eigenvalue weighted by atomic mass is 10.2. The molecule has 0 bridgehead atoms. The van der Waals surface area contributed by atoms with Gasteiger partial charge in [0.1, 0.15) is 0 Å². The van der Waals surface area contributed by atoms with Gasteiger partial charge >= 0.3 is 0 Å². The lowest BCUT2D eigenvalue weighted by Crippen LogP contribution is -2.26. The molecule has 0 radical (unpaired) electrons. The fourth-order valence-electron chi connectivity index (χ4n) is 1.56. The van der Waals surface area contributed by atoms with E-state index in [9.17, 15) is 9.59 Å². The summed E-state index contributed by atoms with van der Waals surface area (Å²) in [5.41, 5.74) is 1.20. The first kappa shape index (κ1) is 12.0. The molecule has 1 amide bonds. The van der Waals surface area contributed by atoms with Gasteiger partial charge < -0.3 is 10.3 Å². The van der Waals surface area contributed by atoms with E-state index in [-0.39, 0.29) is 11.5 Å². The summed E-state index contributed by atoms with van der Waals surface area (Å²) in [6.07, 6.45) is 5.62. The van der Waals surface area contributed by atoms with Crippen molar-refractivity contribution in [3.05, 3.63) is 64.3 Å². The molecule has 2 aromatic heterocycles. The third kappa shape index (κ3) is 3.28. The summed E-state index contributed by atoms with van der Waals surface area (Å²) >= 11 is 0. The minimum Gasteiger partial charge on any atom is -0.352 e. The summed E-state index contributed by atoms with van der Waals surface area (Å²) < 4.78 is 0. The average Bonchev–Trinajstić information content (AvgIpc) is 2.40. The molecule has 18 heavy (non-hydrogen) atoms. The van der Waals surface area contributed by atoms with Gasteiger partial charge in [-0.05, 0) is 30.2 Å². The maximum atomic E-state index is 11.7. The third-order valence-electron chi connectivity index (χ3n) is 2.49.